The van der Waals surface area contributed by atoms with Crippen LogP contribution < -0.4 is 0 Å². The molecular weight excluding hydrogens is 268 g/mol. The third-order valence-electron chi connectivity index (χ3n) is 4.55. The lowest BCUT2D eigenvalue weighted by molar-refractivity contribution is 0.536. The molecule has 22 heavy (non-hydrogen) atoms. The Labute approximate surface area is 138 Å². The van der Waals surface area contributed by atoms with Crippen molar-refractivity contribution in [1.29, 1.82) is 0 Å². The van der Waals surface area contributed by atoms with Gasteiger partial charge in [0.05, 0.1) is 6.33 Å². The molecule has 2 nitrogen and oxygen atoms in total. The van der Waals surface area contributed by atoms with Gasteiger partial charge in [0.1, 0.15) is 0 Å². The summed E-state index contributed by atoms with van der Waals surface area (Å²) in [6, 6.07) is 0. The van der Waals surface area contributed by atoms with Gasteiger partial charge >= 0.3 is 0 Å². The van der Waals surface area contributed by atoms with Crippen LogP contribution in [0.4, 0.5) is 0 Å². The molecule has 1 aliphatic carbocycles. The minimum absolute atomic E-state index is 1.15. The molecule has 1 fully saturated rings. The van der Waals surface area contributed by atoms with Gasteiger partial charge in [-0.2, -0.15) is 0 Å². The number of unbranched alkanes of at least 4 members (excludes halogenated alkanes) is 10. The van der Waals surface area contributed by atoms with Crippen LogP contribution in [0.25, 0.3) is 0 Å². The Morgan fingerprint density at radius 3 is 1.77 bits per heavy atom. The van der Waals surface area contributed by atoms with Gasteiger partial charge in [-0.05, 0) is 5.92 Å². The molecular formula is C20H38N2. The first-order valence-corrected chi connectivity index (χ1v) is 9.75. The van der Waals surface area contributed by atoms with E-state index in [1.807, 2.05) is 17.8 Å². The van der Waals surface area contributed by atoms with Crippen LogP contribution in [0.5, 0.6) is 0 Å². The van der Waals surface area contributed by atoms with E-state index in [-0.39, 0.29) is 0 Å². The zero-order valence-corrected chi connectivity index (χ0v) is 15.1. The van der Waals surface area contributed by atoms with Gasteiger partial charge < -0.3 is 4.57 Å². The molecule has 0 bridgehead atoms. The number of aryl methyl sites for hydroxylation is 1. The highest BCUT2D eigenvalue weighted by atomic mass is 15.0. The summed E-state index contributed by atoms with van der Waals surface area (Å²) >= 11 is 0. The maximum Gasteiger partial charge on any atom is 0.0943 e. The molecule has 2 heteroatoms. The molecule has 0 aliphatic heterocycles. The molecule has 0 radical (unpaired) electrons. The number of nitrogens with zero attached hydrogens (tertiary/aromatic N) is 2. The van der Waals surface area contributed by atoms with Crippen LogP contribution in [0.2, 0.25) is 0 Å². The van der Waals surface area contributed by atoms with E-state index in [1.54, 1.807) is 12.5 Å². The molecule has 0 unspecified atom stereocenters. The van der Waals surface area contributed by atoms with Gasteiger partial charge in [-0.1, -0.05) is 96.8 Å². The first-order valence-electron chi connectivity index (χ1n) is 9.75. The smallest absolute Gasteiger partial charge is 0.0943 e. The number of rotatable bonds is 12. The highest BCUT2D eigenvalue weighted by molar-refractivity contribution is 4.72. The van der Waals surface area contributed by atoms with Crippen molar-refractivity contribution in [1.82, 2.24) is 9.55 Å². The Hall–Kier alpha value is -0.790. The van der Waals surface area contributed by atoms with E-state index in [4.69, 9.17) is 0 Å². The molecule has 1 aromatic rings. The summed E-state index contributed by atoms with van der Waals surface area (Å²) in [7, 11) is 1.94. The van der Waals surface area contributed by atoms with Crippen LogP contribution >= 0.6 is 0 Å². The van der Waals surface area contributed by atoms with Crippen molar-refractivity contribution in [2.24, 2.45) is 13.0 Å². The van der Waals surface area contributed by atoms with Crippen molar-refractivity contribution < 1.29 is 0 Å². The van der Waals surface area contributed by atoms with Gasteiger partial charge in [0, 0.05) is 19.4 Å². The number of aromatic nitrogens is 2. The molecule has 0 N–H and O–H groups in total. The van der Waals surface area contributed by atoms with Crippen LogP contribution in [0, 0.1) is 5.92 Å². The van der Waals surface area contributed by atoms with Crippen LogP contribution in [-0.4, -0.2) is 9.55 Å². The second-order valence-corrected chi connectivity index (χ2v) is 7.00. The monoisotopic (exact) mass is 306 g/mol. The predicted molar refractivity (Wildman–Crippen MR) is 97.0 cm³/mol. The molecule has 0 amide bonds. The molecule has 0 saturated heterocycles. The van der Waals surface area contributed by atoms with E-state index in [9.17, 15) is 0 Å². The predicted octanol–water partition coefficient (Wildman–Crippen LogP) is 6.52. The molecule has 0 atom stereocenters. The standard InChI is InChI=1S/C16H32.C4H6N2/c1-2-3-4-5-6-7-8-9-10-11-12-13-16-14-15-16;1-6-3-2-5-4-6/h16H,2-15H2,1H3;2-4H,1H3. The second kappa shape index (κ2) is 13.8. The maximum atomic E-state index is 3.78. The van der Waals surface area contributed by atoms with Crippen molar-refractivity contribution >= 4 is 0 Å². The van der Waals surface area contributed by atoms with Crippen LogP contribution in [0.3, 0.4) is 0 Å². The molecule has 0 aromatic carbocycles. The summed E-state index contributed by atoms with van der Waals surface area (Å²) < 4.78 is 1.89. The average Bonchev–Trinajstić information content (AvgIpc) is 3.23. The first kappa shape index (κ1) is 19.3. The molecule has 1 heterocycles. The quantitative estimate of drug-likeness (QED) is 0.402. The fourth-order valence-electron chi connectivity index (χ4n) is 2.83. The Bertz CT molecular complexity index is 314. The Morgan fingerprint density at radius 1 is 0.864 bits per heavy atom. The third-order valence-corrected chi connectivity index (χ3v) is 4.55. The Balaban J connectivity index is 0.000000335. The normalized spacial score (nSPS) is 13.7. The van der Waals surface area contributed by atoms with E-state index in [2.05, 4.69) is 11.9 Å². The topological polar surface area (TPSA) is 17.8 Å². The average molecular weight is 307 g/mol. The van der Waals surface area contributed by atoms with Crippen molar-refractivity contribution in [3.63, 3.8) is 0 Å². The van der Waals surface area contributed by atoms with Gasteiger partial charge in [0.2, 0.25) is 0 Å². The van der Waals surface area contributed by atoms with Crippen LogP contribution in [0.15, 0.2) is 18.7 Å². The lowest BCUT2D eigenvalue weighted by Crippen LogP contribution is -1.83. The summed E-state index contributed by atoms with van der Waals surface area (Å²) in [4.78, 5) is 3.78. The summed E-state index contributed by atoms with van der Waals surface area (Å²) in [5.74, 6) is 1.15. The van der Waals surface area contributed by atoms with Crippen LogP contribution in [0.1, 0.15) is 96.8 Å². The number of hydrogen-bond donors (Lipinski definition) is 0. The zero-order chi connectivity index (χ0) is 15.9. The molecule has 2 rings (SSSR count). The second-order valence-electron chi connectivity index (χ2n) is 7.00. The maximum absolute atomic E-state index is 3.78. The summed E-state index contributed by atoms with van der Waals surface area (Å²) in [5.41, 5.74) is 0. The van der Waals surface area contributed by atoms with Crippen molar-refractivity contribution in [2.75, 3.05) is 0 Å². The largest absolute Gasteiger partial charge is 0.341 e. The lowest BCUT2D eigenvalue weighted by Gasteiger charge is -2.02. The molecule has 1 aliphatic rings. The molecule has 1 saturated carbocycles. The van der Waals surface area contributed by atoms with E-state index in [0.29, 0.717) is 0 Å². The van der Waals surface area contributed by atoms with Gasteiger partial charge in [0.15, 0.2) is 0 Å². The highest BCUT2D eigenvalue weighted by Gasteiger charge is 2.19. The van der Waals surface area contributed by atoms with Crippen molar-refractivity contribution in [2.45, 2.75) is 96.8 Å². The van der Waals surface area contributed by atoms with Gasteiger partial charge in [-0.25, -0.2) is 4.98 Å². The zero-order valence-electron chi connectivity index (χ0n) is 15.1. The van der Waals surface area contributed by atoms with E-state index >= 15 is 0 Å². The van der Waals surface area contributed by atoms with E-state index in [1.165, 1.54) is 89.9 Å². The lowest BCUT2D eigenvalue weighted by atomic mass is 10.0. The third kappa shape index (κ3) is 12.9. The minimum Gasteiger partial charge on any atom is -0.341 e. The van der Waals surface area contributed by atoms with Crippen molar-refractivity contribution in [3.05, 3.63) is 18.7 Å². The number of imidazole rings is 1. The summed E-state index contributed by atoms with van der Waals surface area (Å²) in [6.07, 6.45) is 26.3. The van der Waals surface area contributed by atoms with Gasteiger partial charge in [-0.3, -0.25) is 0 Å². The molecule has 128 valence electrons. The Morgan fingerprint density at radius 2 is 1.41 bits per heavy atom. The first-order chi connectivity index (χ1) is 10.8. The Kier molecular flexibility index (Phi) is 12.1. The molecule has 0 spiro atoms. The van der Waals surface area contributed by atoms with Gasteiger partial charge in [0.25, 0.3) is 0 Å². The fraction of sp³-hybridized carbons (Fsp3) is 0.850. The SMILES string of the molecule is CCCCCCCCCCCCCC1CC1.Cn1ccnc1. The van der Waals surface area contributed by atoms with Crippen LogP contribution in [-0.2, 0) is 7.05 Å². The molecule has 1 aromatic heterocycles. The summed E-state index contributed by atoms with van der Waals surface area (Å²) in [6.45, 7) is 2.29. The van der Waals surface area contributed by atoms with Crippen molar-refractivity contribution in [3.8, 4) is 0 Å². The fourth-order valence-corrected chi connectivity index (χ4v) is 2.83. The minimum atomic E-state index is 1.15. The summed E-state index contributed by atoms with van der Waals surface area (Å²) in [5, 5.41) is 0. The van der Waals surface area contributed by atoms with E-state index in [0.717, 1.165) is 5.92 Å². The highest BCUT2D eigenvalue weighted by Crippen LogP contribution is 2.34. The van der Waals surface area contributed by atoms with Gasteiger partial charge in [-0.15, -0.1) is 0 Å². The van der Waals surface area contributed by atoms with E-state index < -0.39 is 0 Å². The number of hydrogen-bond acceptors (Lipinski definition) is 1.